The van der Waals surface area contributed by atoms with E-state index in [9.17, 15) is 14.7 Å². The largest absolute Gasteiger partial charge is 0.495 e. The number of ether oxygens (including phenoxy) is 2. The number of H-pyrrole nitrogens is 1. The summed E-state index contributed by atoms with van der Waals surface area (Å²) in [6.45, 7) is 0.0384. The highest BCUT2D eigenvalue weighted by Gasteiger charge is 2.32. The summed E-state index contributed by atoms with van der Waals surface area (Å²) in [6.07, 6.45) is 0. The molecule has 0 unspecified atom stereocenters. The van der Waals surface area contributed by atoms with Gasteiger partial charge in [-0.15, -0.1) is 0 Å². The van der Waals surface area contributed by atoms with Gasteiger partial charge in [-0.05, 0) is 28.5 Å². The number of nitrogens with zero attached hydrogens (tertiary/aromatic N) is 1. The Kier molecular flexibility index (Phi) is 3.66. The summed E-state index contributed by atoms with van der Waals surface area (Å²) in [5, 5.41) is 19.7. The molecule has 9 heteroatoms. The van der Waals surface area contributed by atoms with Crippen LogP contribution in [0.3, 0.4) is 0 Å². The number of carboxylic acid groups (broad SMARTS) is 1. The molecule has 1 aliphatic rings. The predicted octanol–water partition coefficient (Wildman–Crippen LogP) is 2.50. The number of aromatic amines is 1. The van der Waals surface area contributed by atoms with Crippen LogP contribution in [0.2, 0.25) is 0 Å². The third kappa shape index (κ3) is 2.25. The number of rotatable bonds is 4. The zero-order chi connectivity index (χ0) is 18.4. The smallest absolute Gasteiger partial charge is 0.354 e. The van der Waals surface area contributed by atoms with Crippen molar-refractivity contribution in [1.82, 2.24) is 10.2 Å². The lowest BCUT2D eigenvalue weighted by Crippen LogP contribution is -2.16. The van der Waals surface area contributed by atoms with Crippen molar-refractivity contribution in [3.63, 3.8) is 0 Å². The lowest BCUT2D eigenvalue weighted by molar-refractivity contribution is 0.0687. The number of aromatic nitrogens is 2. The molecule has 1 aromatic carbocycles. The highest BCUT2D eigenvalue weighted by atomic mass is 32.1. The Morgan fingerprint density at radius 1 is 1.46 bits per heavy atom. The molecule has 1 amide bonds. The number of benzene rings is 1. The molecule has 26 heavy (non-hydrogen) atoms. The van der Waals surface area contributed by atoms with Gasteiger partial charge in [0, 0.05) is 5.56 Å². The highest BCUT2D eigenvalue weighted by molar-refractivity contribution is 7.08. The third-order valence-electron chi connectivity index (χ3n) is 4.21. The van der Waals surface area contributed by atoms with E-state index in [-0.39, 0.29) is 17.9 Å². The van der Waals surface area contributed by atoms with Gasteiger partial charge in [-0.3, -0.25) is 9.89 Å². The number of nitrogens with two attached hydrogens (primary N) is 1. The van der Waals surface area contributed by atoms with Crippen LogP contribution in [0, 0.1) is 0 Å². The predicted molar refractivity (Wildman–Crippen MR) is 93.7 cm³/mol. The number of aromatic carboxylic acids is 1. The molecule has 0 spiro atoms. The van der Waals surface area contributed by atoms with Crippen LogP contribution in [-0.4, -0.2) is 34.3 Å². The second kappa shape index (κ2) is 5.88. The van der Waals surface area contributed by atoms with E-state index in [4.69, 9.17) is 15.2 Å². The first-order valence-corrected chi connectivity index (χ1v) is 8.48. The Bertz CT molecular complexity index is 1040. The van der Waals surface area contributed by atoms with E-state index < -0.39 is 11.9 Å². The van der Waals surface area contributed by atoms with Crippen LogP contribution >= 0.6 is 11.3 Å². The van der Waals surface area contributed by atoms with Crippen LogP contribution < -0.4 is 15.2 Å². The zero-order valence-corrected chi connectivity index (χ0v) is 14.3. The second-order valence-electron chi connectivity index (χ2n) is 5.60. The van der Waals surface area contributed by atoms with Crippen molar-refractivity contribution in [2.24, 2.45) is 5.73 Å². The minimum Gasteiger partial charge on any atom is -0.495 e. The van der Waals surface area contributed by atoms with Gasteiger partial charge in [-0.25, -0.2) is 4.79 Å². The van der Waals surface area contributed by atoms with Crippen LogP contribution in [0.4, 0.5) is 0 Å². The van der Waals surface area contributed by atoms with Crippen LogP contribution in [-0.2, 0) is 6.61 Å². The van der Waals surface area contributed by atoms with Crippen molar-refractivity contribution in [3.8, 4) is 33.9 Å². The van der Waals surface area contributed by atoms with Crippen LogP contribution in [0.25, 0.3) is 22.4 Å². The molecule has 8 nitrogen and oxygen atoms in total. The molecule has 2 aromatic heterocycles. The molecular formula is C17H13N3O5S. The van der Waals surface area contributed by atoms with Gasteiger partial charge in [0.25, 0.3) is 5.91 Å². The molecule has 0 radical (unpaired) electrons. The molecule has 0 saturated heterocycles. The third-order valence-corrected chi connectivity index (χ3v) is 4.89. The number of hydrogen-bond donors (Lipinski definition) is 3. The highest BCUT2D eigenvalue weighted by Crippen LogP contribution is 2.50. The van der Waals surface area contributed by atoms with Crippen LogP contribution in [0.1, 0.15) is 26.4 Å². The van der Waals surface area contributed by atoms with Crippen molar-refractivity contribution in [2.45, 2.75) is 6.61 Å². The molecule has 0 fully saturated rings. The molecular weight excluding hydrogens is 358 g/mol. The van der Waals surface area contributed by atoms with E-state index >= 15 is 0 Å². The summed E-state index contributed by atoms with van der Waals surface area (Å²) in [5.41, 5.74) is 8.40. The van der Waals surface area contributed by atoms with Gasteiger partial charge < -0.3 is 20.3 Å². The Morgan fingerprint density at radius 2 is 2.27 bits per heavy atom. The molecule has 0 bridgehead atoms. The molecule has 1 aliphatic heterocycles. The summed E-state index contributed by atoms with van der Waals surface area (Å²) < 4.78 is 11.3. The molecule has 3 heterocycles. The summed E-state index contributed by atoms with van der Waals surface area (Å²) >= 11 is 1.49. The fourth-order valence-corrected chi connectivity index (χ4v) is 3.73. The van der Waals surface area contributed by atoms with Crippen molar-refractivity contribution in [3.05, 3.63) is 39.7 Å². The molecule has 3 aromatic rings. The van der Waals surface area contributed by atoms with E-state index in [2.05, 4.69) is 10.2 Å². The summed E-state index contributed by atoms with van der Waals surface area (Å²) in [6, 6.07) is 3.40. The molecule has 0 saturated carbocycles. The summed E-state index contributed by atoms with van der Waals surface area (Å²) in [5.74, 6) is -1.01. The first-order valence-electron chi connectivity index (χ1n) is 7.54. The number of nitrogens with one attached hydrogen (secondary N) is 1. The molecule has 0 atom stereocenters. The SMILES string of the molecule is COc1c(C(N)=O)cc2c(c1-c1ccsc1)OCc1c-2n[nH]c1C(=O)O. The monoisotopic (exact) mass is 371 g/mol. The fraction of sp³-hybridized carbons (Fsp3) is 0.118. The lowest BCUT2D eigenvalue weighted by Gasteiger charge is -2.23. The van der Waals surface area contributed by atoms with Crippen molar-refractivity contribution >= 4 is 23.2 Å². The average molecular weight is 371 g/mol. The van der Waals surface area contributed by atoms with Crippen LogP contribution in [0.5, 0.6) is 11.5 Å². The quantitative estimate of drug-likeness (QED) is 0.646. The number of thiophene rings is 1. The van der Waals surface area contributed by atoms with Gasteiger partial charge >= 0.3 is 5.97 Å². The maximum atomic E-state index is 12.0. The Hall–Kier alpha value is -3.33. The number of amides is 1. The van der Waals surface area contributed by atoms with E-state index in [1.165, 1.54) is 24.5 Å². The topological polar surface area (TPSA) is 128 Å². The molecule has 0 aliphatic carbocycles. The normalized spacial score (nSPS) is 12.0. The Labute approximate surface area is 151 Å². The minimum absolute atomic E-state index is 0.0384. The fourth-order valence-electron chi connectivity index (χ4n) is 3.09. The number of methoxy groups -OCH3 is 1. The number of carbonyl (C=O) groups excluding carboxylic acids is 1. The Morgan fingerprint density at radius 3 is 2.88 bits per heavy atom. The summed E-state index contributed by atoms with van der Waals surface area (Å²) in [4.78, 5) is 23.4. The van der Waals surface area contributed by atoms with Gasteiger partial charge in [-0.1, -0.05) is 0 Å². The second-order valence-corrected chi connectivity index (χ2v) is 6.38. The minimum atomic E-state index is -1.13. The van der Waals surface area contributed by atoms with Gasteiger partial charge in [-0.2, -0.15) is 16.4 Å². The number of carbonyl (C=O) groups is 2. The standard InChI is InChI=1S/C17H13N3O5S/c1-24-14-9(16(18)21)4-8-12-10(13(17(22)23)20-19-12)5-25-15(8)11(14)7-2-3-26-6-7/h2-4,6H,5H2,1H3,(H2,18,21)(H,19,20)(H,22,23). The number of carboxylic acids is 1. The molecule has 4 rings (SSSR count). The number of primary amides is 1. The maximum absolute atomic E-state index is 12.0. The van der Waals surface area contributed by atoms with Gasteiger partial charge in [0.15, 0.2) is 5.69 Å². The van der Waals surface area contributed by atoms with Crippen molar-refractivity contribution in [2.75, 3.05) is 7.11 Å². The first kappa shape index (κ1) is 16.2. The first-order chi connectivity index (χ1) is 12.5. The van der Waals surface area contributed by atoms with Crippen molar-refractivity contribution in [1.29, 1.82) is 0 Å². The van der Waals surface area contributed by atoms with E-state index in [1.54, 1.807) is 0 Å². The molecule has 132 valence electrons. The molecule has 4 N–H and O–H groups in total. The summed E-state index contributed by atoms with van der Waals surface area (Å²) in [7, 11) is 1.45. The van der Waals surface area contributed by atoms with Gasteiger partial charge in [0.05, 0.1) is 23.8 Å². The van der Waals surface area contributed by atoms with Crippen LogP contribution in [0.15, 0.2) is 22.9 Å². The Balaban J connectivity index is 2.07. The average Bonchev–Trinajstić information content (AvgIpc) is 3.29. The van der Waals surface area contributed by atoms with E-state index in [0.717, 1.165) is 5.56 Å². The number of fused-ring (bicyclic) bond motifs is 3. The number of hydrogen-bond acceptors (Lipinski definition) is 6. The zero-order valence-electron chi connectivity index (χ0n) is 13.5. The maximum Gasteiger partial charge on any atom is 0.354 e. The lowest BCUT2D eigenvalue weighted by atomic mass is 9.93. The van der Waals surface area contributed by atoms with E-state index in [0.29, 0.717) is 33.9 Å². The van der Waals surface area contributed by atoms with Crippen molar-refractivity contribution < 1.29 is 24.2 Å². The van der Waals surface area contributed by atoms with Gasteiger partial charge in [0.2, 0.25) is 0 Å². The van der Waals surface area contributed by atoms with Gasteiger partial charge in [0.1, 0.15) is 23.8 Å². The van der Waals surface area contributed by atoms with E-state index in [1.807, 2.05) is 16.8 Å².